The van der Waals surface area contributed by atoms with Gasteiger partial charge in [-0.25, -0.2) is 4.68 Å². The largest absolute Gasteiger partial charge is 0.383 e. The number of aromatic amines is 1. The number of nitrogens with two attached hydrogens (primary N) is 1. The number of anilines is 1. The lowest BCUT2D eigenvalue weighted by atomic mass is 10.2. The quantitative estimate of drug-likeness (QED) is 0.755. The molecular formula is C9H15N5. The van der Waals surface area contributed by atoms with Crippen molar-refractivity contribution in [3.63, 3.8) is 0 Å². The molecule has 2 rings (SSSR count). The highest BCUT2D eigenvalue weighted by molar-refractivity contribution is 5.88. The predicted molar refractivity (Wildman–Crippen MR) is 55.9 cm³/mol. The lowest BCUT2D eigenvalue weighted by molar-refractivity contribution is 0.489. The van der Waals surface area contributed by atoms with Crippen LogP contribution in [0.25, 0.3) is 11.0 Å². The number of H-pyrrole nitrogens is 1. The standard InChI is InChI=1S/C9H15N5/c1-5(2)4-14-9-7(6(3)13-14)8(10)11-12-9/h5H,4H2,1-3H3,(H3,10,11,12). The molecule has 3 N–H and O–H groups in total. The van der Waals surface area contributed by atoms with Crippen LogP contribution in [-0.4, -0.2) is 20.0 Å². The summed E-state index contributed by atoms with van der Waals surface area (Å²) < 4.78 is 1.90. The number of hydrogen-bond donors (Lipinski definition) is 2. The van der Waals surface area contributed by atoms with Crippen LogP contribution in [0, 0.1) is 12.8 Å². The number of nitrogens with zero attached hydrogens (tertiary/aromatic N) is 3. The lowest BCUT2D eigenvalue weighted by Gasteiger charge is -2.03. The van der Waals surface area contributed by atoms with E-state index >= 15 is 0 Å². The first-order chi connectivity index (χ1) is 6.59. The number of aryl methyl sites for hydroxylation is 1. The molecule has 0 atom stereocenters. The van der Waals surface area contributed by atoms with Crippen LogP contribution in [0.15, 0.2) is 0 Å². The van der Waals surface area contributed by atoms with E-state index in [4.69, 9.17) is 5.73 Å². The van der Waals surface area contributed by atoms with Gasteiger partial charge in [-0.1, -0.05) is 13.8 Å². The second-order valence-electron chi connectivity index (χ2n) is 4.00. The Kier molecular flexibility index (Phi) is 1.94. The minimum Gasteiger partial charge on any atom is -0.383 e. The van der Waals surface area contributed by atoms with E-state index in [2.05, 4.69) is 29.1 Å². The highest BCUT2D eigenvalue weighted by atomic mass is 15.3. The van der Waals surface area contributed by atoms with Gasteiger partial charge in [0.15, 0.2) is 5.65 Å². The maximum atomic E-state index is 5.75. The van der Waals surface area contributed by atoms with Crippen LogP contribution < -0.4 is 5.73 Å². The average Bonchev–Trinajstić information content (AvgIpc) is 2.56. The van der Waals surface area contributed by atoms with Crippen molar-refractivity contribution in [2.75, 3.05) is 5.73 Å². The molecule has 0 aliphatic heterocycles. The van der Waals surface area contributed by atoms with Crippen LogP contribution in [0.4, 0.5) is 5.82 Å². The Morgan fingerprint density at radius 2 is 2.21 bits per heavy atom. The van der Waals surface area contributed by atoms with E-state index in [0.29, 0.717) is 11.7 Å². The number of hydrogen-bond acceptors (Lipinski definition) is 3. The van der Waals surface area contributed by atoms with E-state index < -0.39 is 0 Å². The Morgan fingerprint density at radius 3 is 2.86 bits per heavy atom. The van der Waals surface area contributed by atoms with Crippen LogP contribution in [0.5, 0.6) is 0 Å². The van der Waals surface area contributed by atoms with Crippen molar-refractivity contribution < 1.29 is 0 Å². The zero-order chi connectivity index (χ0) is 10.3. The molecule has 0 spiro atoms. The van der Waals surface area contributed by atoms with Gasteiger partial charge in [0.2, 0.25) is 0 Å². The molecule has 5 heteroatoms. The van der Waals surface area contributed by atoms with Gasteiger partial charge in [-0.05, 0) is 12.8 Å². The van der Waals surface area contributed by atoms with Gasteiger partial charge in [0, 0.05) is 6.54 Å². The Balaban J connectivity index is 2.56. The monoisotopic (exact) mass is 193 g/mol. The SMILES string of the molecule is Cc1nn(CC(C)C)c2n[nH]c(N)c12. The van der Waals surface area contributed by atoms with E-state index in [1.165, 1.54) is 0 Å². The van der Waals surface area contributed by atoms with Crippen molar-refractivity contribution in [2.24, 2.45) is 5.92 Å². The van der Waals surface area contributed by atoms with Gasteiger partial charge in [0.25, 0.3) is 0 Å². The van der Waals surface area contributed by atoms with E-state index in [9.17, 15) is 0 Å². The molecule has 2 heterocycles. The first-order valence-corrected chi connectivity index (χ1v) is 4.76. The van der Waals surface area contributed by atoms with E-state index in [0.717, 1.165) is 23.3 Å². The molecular weight excluding hydrogens is 178 g/mol. The molecule has 0 saturated heterocycles. The van der Waals surface area contributed by atoms with Crippen molar-refractivity contribution >= 4 is 16.9 Å². The summed E-state index contributed by atoms with van der Waals surface area (Å²) >= 11 is 0. The number of nitrogen functional groups attached to an aromatic ring is 1. The maximum absolute atomic E-state index is 5.75. The van der Waals surface area contributed by atoms with Crippen molar-refractivity contribution in [3.05, 3.63) is 5.69 Å². The summed E-state index contributed by atoms with van der Waals surface area (Å²) in [7, 11) is 0. The Labute approximate surface area is 82.3 Å². The predicted octanol–water partition coefficient (Wildman–Crippen LogP) is 1.31. The van der Waals surface area contributed by atoms with Crippen LogP contribution >= 0.6 is 0 Å². The van der Waals surface area contributed by atoms with E-state index in [-0.39, 0.29) is 0 Å². The molecule has 0 amide bonds. The average molecular weight is 193 g/mol. The normalized spacial score (nSPS) is 11.7. The Hall–Kier alpha value is -1.52. The molecule has 0 aliphatic rings. The zero-order valence-electron chi connectivity index (χ0n) is 8.70. The Morgan fingerprint density at radius 1 is 1.50 bits per heavy atom. The molecule has 0 fully saturated rings. The van der Waals surface area contributed by atoms with Crippen LogP contribution in [-0.2, 0) is 6.54 Å². The first-order valence-electron chi connectivity index (χ1n) is 4.76. The third-order valence-corrected chi connectivity index (χ3v) is 2.19. The minimum atomic E-state index is 0.551. The molecule has 0 bridgehead atoms. The molecule has 0 aromatic carbocycles. The zero-order valence-corrected chi connectivity index (χ0v) is 8.70. The van der Waals surface area contributed by atoms with Crippen LogP contribution in [0.3, 0.4) is 0 Å². The molecule has 0 unspecified atom stereocenters. The summed E-state index contributed by atoms with van der Waals surface area (Å²) in [6.45, 7) is 7.12. The van der Waals surface area contributed by atoms with Crippen molar-refractivity contribution in [1.82, 2.24) is 20.0 Å². The van der Waals surface area contributed by atoms with Gasteiger partial charge in [-0.15, -0.1) is 0 Å². The first kappa shape index (κ1) is 9.05. The summed E-state index contributed by atoms with van der Waals surface area (Å²) in [5.41, 5.74) is 7.54. The molecule has 14 heavy (non-hydrogen) atoms. The third kappa shape index (κ3) is 1.25. The minimum absolute atomic E-state index is 0.551. The number of fused-ring (bicyclic) bond motifs is 1. The van der Waals surface area contributed by atoms with Crippen molar-refractivity contribution in [2.45, 2.75) is 27.3 Å². The maximum Gasteiger partial charge on any atom is 0.182 e. The van der Waals surface area contributed by atoms with Crippen molar-refractivity contribution in [3.8, 4) is 0 Å². The molecule has 5 nitrogen and oxygen atoms in total. The summed E-state index contributed by atoms with van der Waals surface area (Å²) in [6.07, 6.45) is 0. The molecule has 2 aromatic rings. The summed E-state index contributed by atoms with van der Waals surface area (Å²) in [6, 6.07) is 0. The Bertz CT molecular complexity index is 451. The lowest BCUT2D eigenvalue weighted by Crippen LogP contribution is -2.06. The topological polar surface area (TPSA) is 72.5 Å². The fourth-order valence-corrected chi connectivity index (χ4v) is 1.64. The summed E-state index contributed by atoms with van der Waals surface area (Å²) in [5.74, 6) is 1.16. The van der Waals surface area contributed by atoms with Gasteiger partial charge in [0.05, 0.1) is 11.1 Å². The number of rotatable bonds is 2. The highest BCUT2D eigenvalue weighted by Gasteiger charge is 2.13. The molecule has 2 aromatic heterocycles. The second kappa shape index (κ2) is 3.01. The van der Waals surface area contributed by atoms with Crippen LogP contribution in [0.1, 0.15) is 19.5 Å². The summed E-state index contributed by atoms with van der Waals surface area (Å²) in [4.78, 5) is 0. The fourth-order valence-electron chi connectivity index (χ4n) is 1.64. The fraction of sp³-hybridized carbons (Fsp3) is 0.556. The summed E-state index contributed by atoms with van der Waals surface area (Å²) in [5, 5.41) is 12.3. The smallest absolute Gasteiger partial charge is 0.182 e. The molecule has 76 valence electrons. The van der Waals surface area contributed by atoms with Crippen LogP contribution in [0.2, 0.25) is 0 Å². The van der Waals surface area contributed by atoms with Gasteiger partial charge >= 0.3 is 0 Å². The van der Waals surface area contributed by atoms with Gasteiger partial charge < -0.3 is 5.73 Å². The van der Waals surface area contributed by atoms with E-state index in [1.807, 2.05) is 11.6 Å². The number of nitrogens with one attached hydrogen (secondary N) is 1. The van der Waals surface area contributed by atoms with Gasteiger partial charge in [0.1, 0.15) is 5.82 Å². The second-order valence-corrected chi connectivity index (χ2v) is 4.00. The molecule has 0 saturated carbocycles. The van der Waals surface area contributed by atoms with Crippen molar-refractivity contribution in [1.29, 1.82) is 0 Å². The number of aromatic nitrogens is 4. The molecule has 0 radical (unpaired) electrons. The van der Waals surface area contributed by atoms with E-state index in [1.54, 1.807) is 0 Å². The van der Waals surface area contributed by atoms with Gasteiger partial charge in [-0.2, -0.15) is 10.2 Å². The third-order valence-electron chi connectivity index (χ3n) is 2.19. The molecule has 0 aliphatic carbocycles. The van der Waals surface area contributed by atoms with Gasteiger partial charge in [-0.3, -0.25) is 5.10 Å². The highest BCUT2D eigenvalue weighted by Crippen LogP contribution is 2.21.